The molecule has 0 bridgehead atoms. The van der Waals surface area contributed by atoms with Gasteiger partial charge in [-0.15, -0.1) is 0 Å². The molecule has 1 heterocycles. The maximum atomic E-state index is 14.4. The summed E-state index contributed by atoms with van der Waals surface area (Å²) in [6.45, 7) is 15.9. The molecule has 5 heteroatoms. The number of carbonyl (C=O) groups excluding carboxylic acids is 2. The highest BCUT2D eigenvalue weighted by Crippen LogP contribution is 2.78. The zero-order valence-corrected chi connectivity index (χ0v) is 23.4. The van der Waals surface area contributed by atoms with Crippen LogP contribution < -0.4 is 0 Å². The van der Waals surface area contributed by atoms with Crippen molar-refractivity contribution in [2.75, 3.05) is 6.61 Å². The van der Waals surface area contributed by atoms with Gasteiger partial charge in [-0.2, -0.15) is 5.26 Å². The van der Waals surface area contributed by atoms with Crippen LogP contribution in [0.15, 0.2) is 0 Å². The van der Waals surface area contributed by atoms with Gasteiger partial charge in [-0.1, -0.05) is 48.5 Å². The summed E-state index contributed by atoms with van der Waals surface area (Å²) in [5.74, 6) is 0.684. The number of aliphatic hydroxyl groups excluding tert-OH is 1. The molecule has 0 aromatic heterocycles. The van der Waals surface area contributed by atoms with Crippen molar-refractivity contribution in [2.45, 2.75) is 112 Å². The zero-order chi connectivity index (χ0) is 26.3. The molecular weight excluding hydrogens is 450 g/mol. The lowest BCUT2D eigenvalue weighted by Gasteiger charge is -2.72. The maximum Gasteiger partial charge on any atom is 0.240 e. The highest BCUT2D eigenvalue weighted by molar-refractivity contribution is 5.99. The number of rotatable bonds is 1. The molecule has 2 unspecified atom stereocenters. The van der Waals surface area contributed by atoms with Crippen LogP contribution in [0.25, 0.3) is 0 Å². The molecule has 36 heavy (non-hydrogen) atoms. The average Bonchev–Trinajstić information content (AvgIpc) is 3.56. The average molecular weight is 496 g/mol. The van der Waals surface area contributed by atoms with E-state index in [1.807, 2.05) is 13.8 Å². The first-order valence-electron chi connectivity index (χ1n) is 14.4. The topological polar surface area (TPSA) is 90.7 Å². The van der Waals surface area contributed by atoms with E-state index in [1.165, 1.54) is 0 Å². The van der Waals surface area contributed by atoms with Crippen molar-refractivity contribution < 1.29 is 19.4 Å². The number of hydrogen-bond donors (Lipinski definition) is 1. The van der Waals surface area contributed by atoms with Gasteiger partial charge in [-0.05, 0) is 84.4 Å². The monoisotopic (exact) mass is 495 g/mol. The summed E-state index contributed by atoms with van der Waals surface area (Å²) in [5, 5.41) is 20.8. The number of aliphatic hydroxyl groups is 1. The van der Waals surface area contributed by atoms with Crippen LogP contribution in [0.4, 0.5) is 0 Å². The van der Waals surface area contributed by atoms with Crippen molar-refractivity contribution in [3.63, 3.8) is 0 Å². The summed E-state index contributed by atoms with van der Waals surface area (Å²) in [6.07, 6.45) is 7.11. The van der Waals surface area contributed by atoms with Crippen molar-refractivity contribution in [1.29, 1.82) is 5.26 Å². The molecule has 0 spiro atoms. The molecule has 0 aromatic carbocycles. The van der Waals surface area contributed by atoms with E-state index in [0.29, 0.717) is 12.2 Å². The maximum absolute atomic E-state index is 14.4. The van der Waals surface area contributed by atoms with Crippen molar-refractivity contribution >= 4 is 11.6 Å². The number of carbonyl (C=O) groups is 2. The smallest absolute Gasteiger partial charge is 0.240 e. The fraction of sp³-hybridized carbons (Fsp3) is 0.903. The van der Waals surface area contributed by atoms with Crippen molar-refractivity contribution in [3.05, 3.63) is 0 Å². The molecule has 6 aliphatic rings. The SMILES string of the molecule is CC1(C)CC[C@]2(CO)CC[C@]3(C)C(C(=O)C[C@@H]4[C@@]5(C)[C@H]6O[C@@]6(C#N)C(=O)C(C)(C)[C@@H]5CC[C@]43C)C2C1. The van der Waals surface area contributed by atoms with Crippen LogP contribution >= 0.6 is 0 Å². The molecule has 0 amide bonds. The summed E-state index contributed by atoms with van der Waals surface area (Å²) in [7, 11) is 0. The fourth-order valence-corrected chi connectivity index (χ4v) is 11.6. The Morgan fingerprint density at radius 1 is 0.944 bits per heavy atom. The molecule has 5 nitrogen and oxygen atoms in total. The minimum atomic E-state index is -1.33. The van der Waals surface area contributed by atoms with Crippen LogP contribution in [0.1, 0.15) is 99.8 Å². The molecule has 0 aromatic rings. The molecule has 6 fully saturated rings. The minimum Gasteiger partial charge on any atom is -0.396 e. The van der Waals surface area contributed by atoms with E-state index in [1.54, 1.807) is 0 Å². The van der Waals surface area contributed by atoms with Gasteiger partial charge in [0, 0.05) is 29.8 Å². The van der Waals surface area contributed by atoms with E-state index in [-0.39, 0.29) is 63.1 Å². The standard InChI is InChI=1S/C31H45NO4/c1-25(2)10-12-30(17-33)13-11-28(6)22(18(30)15-25)19(34)14-21-27(28,5)9-8-20-26(3,4)23(35)31(16-32)24(36-31)29(20,21)7/h18,20-22,24,33H,8-15,17H2,1-7H3/t18?,20-,21-,22?,24+,27+,28+,29-,30+,31-/m0/s1. The predicted molar refractivity (Wildman–Crippen MR) is 136 cm³/mol. The first-order chi connectivity index (χ1) is 16.6. The summed E-state index contributed by atoms with van der Waals surface area (Å²) in [6, 6.07) is 2.28. The third-order valence-electron chi connectivity index (χ3n) is 13.8. The Labute approximate surface area is 216 Å². The second kappa shape index (κ2) is 6.84. The van der Waals surface area contributed by atoms with E-state index >= 15 is 0 Å². The van der Waals surface area contributed by atoms with Crippen LogP contribution in [0.3, 0.4) is 0 Å². The first kappa shape index (κ1) is 25.1. The lowest BCUT2D eigenvalue weighted by atomic mass is 9.31. The molecule has 1 aliphatic heterocycles. The number of ketones is 2. The van der Waals surface area contributed by atoms with Gasteiger partial charge in [0.2, 0.25) is 5.60 Å². The van der Waals surface area contributed by atoms with Crippen LogP contribution in [0.2, 0.25) is 0 Å². The lowest BCUT2D eigenvalue weighted by Crippen LogP contribution is -2.71. The lowest BCUT2D eigenvalue weighted by molar-refractivity contribution is -0.237. The Morgan fingerprint density at radius 2 is 1.61 bits per heavy atom. The van der Waals surface area contributed by atoms with Crippen LogP contribution in [0.5, 0.6) is 0 Å². The second-order valence-electron chi connectivity index (χ2n) is 15.9. The predicted octanol–water partition coefficient (Wildman–Crippen LogP) is 5.49. The van der Waals surface area contributed by atoms with Gasteiger partial charge in [0.25, 0.3) is 0 Å². The molecule has 5 aliphatic carbocycles. The number of nitriles is 1. The van der Waals surface area contributed by atoms with Gasteiger partial charge in [0.15, 0.2) is 5.78 Å². The Kier molecular flexibility index (Phi) is 4.76. The Hall–Kier alpha value is -1.25. The number of Topliss-reactive ketones (excluding diaryl/α,β-unsaturated/α-hetero) is 2. The quantitative estimate of drug-likeness (QED) is 0.486. The van der Waals surface area contributed by atoms with E-state index in [4.69, 9.17) is 4.74 Å². The summed E-state index contributed by atoms with van der Waals surface area (Å²) in [4.78, 5) is 27.9. The first-order valence-corrected chi connectivity index (χ1v) is 14.4. The molecule has 10 atom stereocenters. The molecule has 1 saturated heterocycles. The summed E-state index contributed by atoms with van der Waals surface area (Å²) >= 11 is 0. The number of nitrogens with zero attached hydrogens (tertiary/aromatic N) is 1. The molecule has 6 rings (SSSR count). The number of ether oxygens (including phenoxy) is 1. The minimum absolute atomic E-state index is 0.0292. The normalized spacial score (nSPS) is 56.2. The highest BCUT2D eigenvalue weighted by atomic mass is 16.6. The van der Waals surface area contributed by atoms with Gasteiger partial charge in [-0.3, -0.25) is 9.59 Å². The van der Waals surface area contributed by atoms with Gasteiger partial charge in [0.1, 0.15) is 18.0 Å². The van der Waals surface area contributed by atoms with Crippen LogP contribution in [-0.4, -0.2) is 35.0 Å². The largest absolute Gasteiger partial charge is 0.396 e. The van der Waals surface area contributed by atoms with E-state index in [2.05, 4.69) is 40.7 Å². The van der Waals surface area contributed by atoms with Gasteiger partial charge >= 0.3 is 0 Å². The molecular formula is C31H45NO4. The third kappa shape index (κ3) is 2.55. The van der Waals surface area contributed by atoms with Gasteiger partial charge in [0.05, 0.1) is 0 Å². The van der Waals surface area contributed by atoms with Gasteiger partial charge in [-0.25, -0.2) is 0 Å². The Bertz CT molecular complexity index is 1090. The molecule has 0 radical (unpaired) electrons. The zero-order valence-electron chi connectivity index (χ0n) is 23.4. The van der Waals surface area contributed by atoms with Crippen LogP contribution in [0, 0.1) is 67.5 Å². The molecule has 198 valence electrons. The van der Waals surface area contributed by atoms with E-state index in [0.717, 1.165) is 44.9 Å². The van der Waals surface area contributed by atoms with Gasteiger partial charge < -0.3 is 9.84 Å². The Balaban J connectivity index is 1.46. The van der Waals surface area contributed by atoms with Crippen LogP contribution in [-0.2, 0) is 14.3 Å². The molecule has 1 N–H and O–H groups in total. The molecule has 5 saturated carbocycles. The van der Waals surface area contributed by atoms with Crippen molar-refractivity contribution in [1.82, 2.24) is 0 Å². The second-order valence-corrected chi connectivity index (χ2v) is 15.9. The summed E-state index contributed by atoms with van der Waals surface area (Å²) < 4.78 is 6.12. The summed E-state index contributed by atoms with van der Waals surface area (Å²) in [5.41, 5.74) is -2.55. The number of fused-ring (bicyclic) bond motifs is 9. The van der Waals surface area contributed by atoms with Crippen molar-refractivity contribution in [2.24, 2.45) is 56.2 Å². The van der Waals surface area contributed by atoms with E-state index < -0.39 is 17.1 Å². The number of hydrogen-bond acceptors (Lipinski definition) is 5. The van der Waals surface area contributed by atoms with Crippen molar-refractivity contribution in [3.8, 4) is 6.07 Å². The van der Waals surface area contributed by atoms with E-state index in [9.17, 15) is 20.0 Å². The third-order valence-corrected chi connectivity index (χ3v) is 13.8. The number of epoxide rings is 1. The highest BCUT2D eigenvalue weighted by Gasteiger charge is 2.83. The fourth-order valence-electron chi connectivity index (χ4n) is 11.6. The Morgan fingerprint density at radius 3 is 2.25 bits per heavy atom.